The highest BCUT2D eigenvalue weighted by atomic mass is 32.2. The van der Waals surface area contributed by atoms with Gasteiger partial charge in [0.25, 0.3) is 0 Å². The average molecular weight is 490 g/mol. The summed E-state index contributed by atoms with van der Waals surface area (Å²) < 4.78 is 44.9. The van der Waals surface area contributed by atoms with Crippen LogP contribution >= 0.6 is 0 Å². The fourth-order valence-corrected chi connectivity index (χ4v) is 5.12. The molecule has 0 radical (unpaired) electrons. The second-order valence-electron chi connectivity index (χ2n) is 7.42. The van der Waals surface area contributed by atoms with Gasteiger partial charge in [0.05, 0.1) is 11.5 Å². The molecule has 2 fully saturated rings. The Morgan fingerprint density at radius 2 is 1.48 bits per heavy atom. The number of likely N-dealkylation sites (tertiary alicyclic amines) is 1. The molecular formula is C20H28FN3O8S. The third kappa shape index (κ3) is 7.37. The number of carbonyl (C=O) groups excluding carboxylic acids is 1. The second-order valence-corrected chi connectivity index (χ2v) is 9.36. The predicted molar refractivity (Wildman–Crippen MR) is 114 cm³/mol. The highest BCUT2D eigenvalue weighted by Crippen LogP contribution is 2.22. The molecule has 0 atom stereocenters. The maximum Gasteiger partial charge on any atom is 0.414 e. The van der Waals surface area contributed by atoms with Gasteiger partial charge in [0.1, 0.15) is 5.82 Å². The van der Waals surface area contributed by atoms with Gasteiger partial charge in [-0.1, -0.05) is 0 Å². The lowest BCUT2D eigenvalue weighted by atomic mass is 10.0. The molecule has 0 unspecified atom stereocenters. The molecule has 11 nitrogen and oxygen atoms in total. The Hall–Kier alpha value is -2.77. The first-order valence-corrected chi connectivity index (χ1v) is 11.9. The lowest BCUT2D eigenvalue weighted by Gasteiger charge is -2.42. The molecule has 1 aromatic rings. The number of piperazine rings is 1. The molecule has 1 amide bonds. The summed E-state index contributed by atoms with van der Waals surface area (Å²) in [5.74, 6) is -4.10. The van der Waals surface area contributed by atoms with E-state index in [-0.39, 0.29) is 11.0 Å². The number of benzene rings is 1. The van der Waals surface area contributed by atoms with Gasteiger partial charge in [-0.2, -0.15) is 4.31 Å². The van der Waals surface area contributed by atoms with E-state index in [1.165, 1.54) is 28.6 Å². The van der Waals surface area contributed by atoms with E-state index in [1.807, 2.05) is 0 Å². The molecule has 0 aromatic heterocycles. The Bertz CT molecular complexity index is 913. The zero-order valence-electron chi connectivity index (χ0n) is 18.2. The quantitative estimate of drug-likeness (QED) is 0.590. The van der Waals surface area contributed by atoms with Crippen LogP contribution in [-0.2, 0) is 24.3 Å². The van der Waals surface area contributed by atoms with Crippen molar-refractivity contribution in [3.05, 3.63) is 30.1 Å². The summed E-state index contributed by atoms with van der Waals surface area (Å²) in [6.07, 6.45) is 1.47. The van der Waals surface area contributed by atoms with Crippen LogP contribution < -0.4 is 0 Å². The third-order valence-electron chi connectivity index (χ3n) is 5.41. The van der Waals surface area contributed by atoms with Crippen LogP contribution in [0.25, 0.3) is 0 Å². The van der Waals surface area contributed by atoms with Gasteiger partial charge < -0.3 is 19.8 Å². The summed E-state index contributed by atoms with van der Waals surface area (Å²) in [4.78, 5) is 34.1. The van der Waals surface area contributed by atoms with Crippen molar-refractivity contribution < 1.29 is 42.1 Å². The molecule has 3 rings (SSSR count). The highest BCUT2D eigenvalue weighted by Gasteiger charge is 2.33. The maximum absolute atomic E-state index is 13.0. The number of rotatable bonds is 4. The number of carboxylic acids is 2. The van der Waals surface area contributed by atoms with Crippen molar-refractivity contribution in [2.75, 3.05) is 45.9 Å². The molecule has 0 aliphatic carbocycles. The van der Waals surface area contributed by atoms with Gasteiger partial charge in [-0.25, -0.2) is 27.2 Å². The zero-order valence-corrected chi connectivity index (χ0v) is 19.0. The zero-order chi connectivity index (χ0) is 24.6. The van der Waals surface area contributed by atoms with Crippen molar-refractivity contribution in [3.8, 4) is 0 Å². The van der Waals surface area contributed by atoms with E-state index in [4.69, 9.17) is 24.5 Å². The number of amides is 1. The second kappa shape index (κ2) is 11.9. The Labute approximate surface area is 191 Å². The molecule has 13 heteroatoms. The van der Waals surface area contributed by atoms with Gasteiger partial charge in [-0.3, -0.25) is 4.90 Å². The van der Waals surface area contributed by atoms with E-state index in [9.17, 15) is 17.6 Å². The molecule has 2 aliphatic rings. The van der Waals surface area contributed by atoms with E-state index < -0.39 is 27.8 Å². The summed E-state index contributed by atoms with van der Waals surface area (Å²) in [7, 11) is -3.59. The summed E-state index contributed by atoms with van der Waals surface area (Å²) in [5, 5.41) is 14.8. The first kappa shape index (κ1) is 26.5. The van der Waals surface area contributed by atoms with Crippen LogP contribution in [0.4, 0.5) is 9.18 Å². The van der Waals surface area contributed by atoms with Crippen molar-refractivity contribution in [3.63, 3.8) is 0 Å². The molecule has 2 aliphatic heterocycles. The van der Waals surface area contributed by atoms with Gasteiger partial charge >= 0.3 is 18.0 Å². The maximum atomic E-state index is 13.0. The Morgan fingerprint density at radius 1 is 0.970 bits per heavy atom. The molecule has 0 bridgehead atoms. The van der Waals surface area contributed by atoms with E-state index in [2.05, 4.69) is 4.90 Å². The molecule has 2 heterocycles. The number of carbonyl (C=O) groups is 3. The molecule has 33 heavy (non-hydrogen) atoms. The Balaban J connectivity index is 0.000000569. The van der Waals surface area contributed by atoms with Crippen molar-refractivity contribution >= 4 is 28.1 Å². The molecule has 1 aromatic carbocycles. The molecular weight excluding hydrogens is 461 g/mol. The molecule has 0 spiro atoms. The summed E-state index contributed by atoms with van der Waals surface area (Å²) in [6, 6.07) is 5.30. The van der Waals surface area contributed by atoms with Crippen LogP contribution in [0.3, 0.4) is 0 Å². The lowest BCUT2D eigenvalue weighted by Crippen LogP contribution is -2.54. The van der Waals surface area contributed by atoms with Crippen LogP contribution in [0.5, 0.6) is 0 Å². The van der Waals surface area contributed by atoms with E-state index in [1.54, 1.807) is 11.8 Å². The van der Waals surface area contributed by atoms with E-state index in [0.717, 1.165) is 12.8 Å². The summed E-state index contributed by atoms with van der Waals surface area (Å²) >= 11 is 0. The average Bonchev–Trinajstić information content (AvgIpc) is 2.80. The van der Waals surface area contributed by atoms with Crippen molar-refractivity contribution in [2.45, 2.75) is 30.7 Å². The number of piperidine rings is 1. The fourth-order valence-electron chi connectivity index (χ4n) is 3.69. The molecule has 0 saturated carbocycles. The van der Waals surface area contributed by atoms with Crippen molar-refractivity contribution in [2.24, 2.45) is 0 Å². The van der Waals surface area contributed by atoms with Gasteiger partial charge in [-0.15, -0.1) is 0 Å². The van der Waals surface area contributed by atoms with Crippen LogP contribution in [0, 0.1) is 5.82 Å². The smallest absolute Gasteiger partial charge is 0.414 e. The van der Waals surface area contributed by atoms with Gasteiger partial charge in [0.15, 0.2) is 0 Å². The van der Waals surface area contributed by atoms with Crippen molar-refractivity contribution in [1.29, 1.82) is 0 Å². The van der Waals surface area contributed by atoms with Gasteiger partial charge in [0, 0.05) is 45.3 Å². The minimum Gasteiger partial charge on any atom is -0.473 e. The van der Waals surface area contributed by atoms with Crippen molar-refractivity contribution in [1.82, 2.24) is 14.1 Å². The molecule has 2 N–H and O–H groups in total. The van der Waals surface area contributed by atoms with E-state index >= 15 is 0 Å². The predicted octanol–water partition coefficient (Wildman–Crippen LogP) is 0.909. The number of aliphatic carboxylic acids is 2. The number of hydrogen-bond acceptors (Lipinski definition) is 7. The van der Waals surface area contributed by atoms with Gasteiger partial charge in [0.2, 0.25) is 10.0 Å². The number of sulfonamides is 1. The summed E-state index contributed by atoms with van der Waals surface area (Å²) in [5.41, 5.74) is 0. The number of halogens is 1. The lowest BCUT2D eigenvalue weighted by molar-refractivity contribution is -0.159. The molecule has 184 valence electrons. The monoisotopic (exact) mass is 489 g/mol. The van der Waals surface area contributed by atoms with Crippen LogP contribution in [0.1, 0.15) is 19.8 Å². The number of hydrogen-bond donors (Lipinski definition) is 2. The fraction of sp³-hybridized carbons (Fsp3) is 0.550. The van der Waals surface area contributed by atoms with E-state index in [0.29, 0.717) is 51.9 Å². The number of nitrogens with zero attached hydrogens (tertiary/aromatic N) is 3. The number of carboxylic acid groups (broad SMARTS) is 2. The van der Waals surface area contributed by atoms with Gasteiger partial charge in [-0.05, 0) is 44.0 Å². The summed E-state index contributed by atoms with van der Waals surface area (Å²) in [6.45, 7) is 5.65. The minimum absolute atomic E-state index is 0.125. The normalized spacial score (nSPS) is 18.2. The van der Waals surface area contributed by atoms with Crippen LogP contribution in [0.2, 0.25) is 0 Å². The molecule has 2 saturated heterocycles. The van der Waals surface area contributed by atoms with Crippen LogP contribution in [-0.4, -0.2) is 103 Å². The first-order valence-electron chi connectivity index (χ1n) is 10.4. The number of ether oxygens (including phenoxy) is 1. The highest BCUT2D eigenvalue weighted by molar-refractivity contribution is 7.89. The third-order valence-corrected chi connectivity index (χ3v) is 7.33. The standard InChI is InChI=1S/C18H26FN3O4S.C2H2O4/c1-2-26-18(23)21-9-7-16(8-10-21)20-11-13-22(14-12-20)27(24,25)17-5-3-15(19)4-6-17;3-1(4)2(5)6/h3-6,16H,2,7-14H2,1H3;(H,3,4)(H,5,6). The van der Waals surface area contributed by atoms with Crippen LogP contribution in [0.15, 0.2) is 29.2 Å². The minimum atomic E-state index is -3.59. The Kier molecular flexibility index (Phi) is 9.56. The topological polar surface area (TPSA) is 145 Å². The largest absolute Gasteiger partial charge is 0.473 e. The Morgan fingerprint density at radius 3 is 1.94 bits per heavy atom. The first-order chi connectivity index (χ1) is 15.6. The SMILES string of the molecule is CCOC(=O)N1CCC(N2CCN(S(=O)(=O)c3ccc(F)cc3)CC2)CC1.O=C(O)C(=O)O.